The number of benzene rings is 1. The molecule has 0 bridgehead atoms. The van der Waals surface area contributed by atoms with Crippen molar-refractivity contribution in [2.75, 3.05) is 0 Å². The van der Waals surface area contributed by atoms with Crippen LogP contribution in [-0.2, 0) is 12.2 Å². The van der Waals surface area contributed by atoms with Gasteiger partial charge < -0.3 is 0 Å². The molecular formula is C27H44SSn. The van der Waals surface area contributed by atoms with Gasteiger partial charge in [0.2, 0.25) is 0 Å². The fourth-order valence-electron chi connectivity index (χ4n) is 7.09. The second kappa shape index (κ2) is 11.3. The molecule has 1 aromatic rings. The second-order valence-electron chi connectivity index (χ2n) is 10.3. The summed E-state index contributed by atoms with van der Waals surface area (Å²) in [5.74, 6) is 1.34. The Balaban J connectivity index is 1.62. The molecule has 0 N–H and O–H groups in total. The standard InChI is InChI=1S/C9H12S.3C6H11.Sn/c1-2-8-3-5-9(7-10)6-4-8;3*1-2-4-6-5-3-1;/h3-6,10H,2,7H2,1H3;3*1H,2-6H2;/q;;;;+1/p-1. The molecule has 0 unspecified atom stereocenters. The van der Waals surface area contributed by atoms with Crippen LogP contribution in [0.15, 0.2) is 24.3 Å². The van der Waals surface area contributed by atoms with Crippen molar-refractivity contribution in [2.24, 2.45) is 0 Å². The molecule has 0 aromatic heterocycles. The van der Waals surface area contributed by atoms with Crippen LogP contribution in [0, 0.1) is 0 Å². The number of hydrogen-bond donors (Lipinski definition) is 0. The Hall–Kier alpha value is 0.369. The Morgan fingerprint density at radius 1 is 0.621 bits per heavy atom. The normalized spacial score (nSPS) is 23.3. The fourth-order valence-corrected chi connectivity index (χ4v) is 39.7. The first kappa shape index (κ1) is 22.6. The topological polar surface area (TPSA) is 0 Å². The van der Waals surface area contributed by atoms with Gasteiger partial charge in [0.15, 0.2) is 0 Å². The third-order valence-electron chi connectivity index (χ3n) is 8.65. The van der Waals surface area contributed by atoms with Gasteiger partial charge in [-0.1, -0.05) is 0 Å². The van der Waals surface area contributed by atoms with Crippen molar-refractivity contribution in [3.05, 3.63) is 35.4 Å². The Morgan fingerprint density at radius 3 is 1.38 bits per heavy atom. The van der Waals surface area contributed by atoms with Crippen LogP contribution in [0.1, 0.15) is 114 Å². The summed E-state index contributed by atoms with van der Waals surface area (Å²) >= 11 is -2.38. The van der Waals surface area contributed by atoms with Gasteiger partial charge in [-0.3, -0.25) is 0 Å². The van der Waals surface area contributed by atoms with Crippen molar-refractivity contribution < 1.29 is 0 Å². The molecule has 4 rings (SSSR count). The molecule has 3 aliphatic rings. The van der Waals surface area contributed by atoms with E-state index in [4.69, 9.17) is 0 Å². The fraction of sp³-hybridized carbons (Fsp3) is 0.778. The van der Waals surface area contributed by atoms with Gasteiger partial charge in [0.25, 0.3) is 0 Å². The molecule has 0 aliphatic heterocycles. The minimum absolute atomic E-state index is 1.17. The van der Waals surface area contributed by atoms with Crippen LogP contribution in [-0.4, -0.2) is 17.0 Å². The SMILES string of the molecule is CCc1ccc(C[S][Sn]([CH]2CCCCC2)([CH]2CCCCC2)[CH]2CCCCC2)cc1. The zero-order valence-corrected chi connectivity index (χ0v) is 22.6. The van der Waals surface area contributed by atoms with Crippen LogP contribution in [0.4, 0.5) is 0 Å². The van der Waals surface area contributed by atoms with E-state index in [1.54, 1.807) is 82.6 Å². The summed E-state index contributed by atoms with van der Waals surface area (Å²) in [6.45, 7) is 2.28. The number of aryl methyl sites for hydroxylation is 1. The van der Waals surface area contributed by atoms with E-state index in [1.807, 2.05) is 0 Å². The van der Waals surface area contributed by atoms with Crippen LogP contribution >= 0.6 is 8.95 Å². The summed E-state index contributed by atoms with van der Waals surface area (Å²) in [5, 5.41) is 0. The maximum absolute atomic E-state index is 2.67. The molecule has 0 atom stereocenters. The molecule has 0 spiro atoms. The first-order valence-corrected chi connectivity index (χ1v) is 22.5. The Labute approximate surface area is 187 Å². The molecular weight excluding hydrogens is 475 g/mol. The summed E-state index contributed by atoms with van der Waals surface area (Å²) in [6, 6.07) is 9.72. The third-order valence-corrected chi connectivity index (χ3v) is 37.7. The van der Waals surface area contributed by atoms with Crippen molar-refractivity contribution >= 4 is 25.9 Å². The van der Waals surface area contributed by atoms with Gasteiger partial charge in [0.05, 0.1) is 0 Å². The molecule has 162 valence electrons. The van der Waals surface area contributed by atoms with Crippen LogP contribution < -0.4 is 0 Å². The van der Waals surface area contributed by atoms with E-state index in [0.717, 1.165) is 0 Å². The van der Waals surface area contributed by atoms with Gasteiger partial charge in [-0.05, 0) is 0 Å². The first-order chi connectivity index (χ1) is 14.3. The molecule has 3 saturated carbocycles. The molecule has 0 saturated heterocycles. The summed E-state index contributed by atoms with van der Waals surface area (Å²) in [4.78, 5) is 0. The zero-order valence-electron chi connectivity index (χ0n) is 19.0. The van der Waals surface area contributed by atoms with E-state index in [2.05, 4.69) is 40.1 Å². The second-order valence-corrected chi connectivity index (χ2v) is 30.0. The van der Waals surface area contributed by atoms with Crippen molar-refractivity contribution in [2.45, 2.75) is 127 Å². The van der Waals surface area contributed by atoms with E-state index in [0.29, 0.717) is 0 Å². The molecule has 0 heterocycles. The summed E-state index contributed by atoms with van der Waals surface area (Å²) < 4.78 is 3.59. The van der Waals surface area contributed by atoms with Crippen LogP contribution in [0.2, 0.25) is 11.8 Å². The van der Waals surface area contributed by atoms with Crippen LogP contribution in [0.5, 0.6) is 0 Å². The molecule has 1 aromatic carbocycles. The first-order valence-electron chi connectivity index (χ1n) is 13.0. The molecule has 2 heteroatoms. The quantitative estimate of drug-likeness (QED) is 0.324. The van der Waals surface area contributed by atoms with E-state index < -0.39 is 17.0 Å². The van der Waals surface area contributed by atoms with Crippen LogP contribution in [0.25, 0.3) is 0 Å². The Kier molecular flexibility index (Phi) is 8.79. The molecule has 0 radical (unpaired) electrons. The Bertz CT molecular complexity index is 546. The molecule has 3 aliphatic carbocycles. The van der Waals surface area contributed by atoms with Gasteiger partial charge in [0.1, 0.15) is 0 Å². The molecule has 29 heavy (non-hydrogen) atoms. The maximum atomic E-state index is 2.67. The van der Waals surface area contributed by atoms with Gasteiger partial charge in [-0.15, -0.1) is 0 Å². The number of hydrogen-bond acceptors (Lipinski definition) is 1. The Morgan fingerprint density at radius 2 is 1.00 bits per heavy atom. The van der Waals surface area contributed by atoms with E-state index in [-0.39, 0.29) is 0 Å². The van der Waals surface area contributed by atoms with Crippen molar-refractivity contribution in [3.8, 4) is 0 Å². The van der Waals surface area contributed by atoms with Crippen molar-refractivity contribution in [3.63, 3.8) is 0 Å². The van der Waals surface area contributed by atoms with Gasteiger partial charge >= 0.3 is 189 Å². The van der Waals surface area contributed by atoms with Gasteiger partial charge in [0, 0.05) is 0 Å². The third kappa shape index (κ3) is 5.41. The van der Waals surface area contributed by atoms with E-state index in [1.165, 1.54) is 48.8 Å². The van der Waals surface area contributed by atoms with Gasteiger partial charge in [-0.25, -0.2) is 0 Å². The van der Waals surface area contributed by atoms with Gasteiger partial charge in [-0.2, -0.15) is 0 Å². The van der Waals surface area contributed by atoms with Crippen molar-refractivity contribution in [1.82, 2.24) is 0 Å². The summed E-state index contributed by atoms with van der Waals surface area (Å²) in [7, 11) is 2.67. The summed E-state index contributed by atoms with van der Waals surface area (Å²) in [5.41, 5.74) is 3.12. The predicted molar refractivity (Wildman–Crippen MR) is 133 cm³/mol. The van der Waals surface area contributed by atoms with E-state index in [9.17, 15) is 0 Å². The molecule has 0 amide bonds. The average molecular weight is 519 g/mol. The molecule has 3 fully saturated rings. The monoisotopic (exact) mass is 520 g/mol. The van der Waals surface area contributed by atoms with Crippen LogP contribution in [0.3, 0.4) is 0 Å². The average Bonchev–Trinajstić information content (AvgIpc) is 2.82. The number of rotatable bonds is 7. The van der Waals surface area contributed by atoms with E-state index >= 15 is 0 Å². The minimum atomic E-state index is -2.38. The molecule has 0 nitrogen and oxygen atoms in total. The summed E-state index contributed by atoms with van der Waals surface area (Å²) in [6.07, 6.45) is 24.7. The predicted octanol–water partition coefficient (Wildman–Crippen LogP) is 9.43. The zero-order chi connectivity index (χ0) is 19.9. The van der Waals surface area contributed by atoms with Crippen molar-refractivity contribution in [1.29, 1.82) is 0 Å².